The van der Waals surface area contributed by atoms with E-state index in [4.69, 9.17) is 19.3 Å². The van der Waals surface area contributed by atoms with Crippen LogP contribution in [0.25, 0.3) is 0 Å². The summed E-state index contributed by atoms with van der Waals surface area (Å²) in [7, 11) is 0. The van der Waals surface area contributed by atoms with Crippen LogP contribution in [0.15, 0.2) is 30.3 Å². The number of carbonyl (C=O) groups excluding carboxylic acids is 1. The second-order valence-electron chi connectivity index (χ2n) is 7.16. The molecule has 1 aromatic rings. The topological polar surface area (TPSA) is 85.2 Å². The largest absolute Gasteiger partial charge is 0.456 e. The highest BCUT2D eigenvalue weighted by Gasteiger charge is 2.45. The fourth-order valence-corrected chi connectivity index (χ4v) is 3.66. The molecule has 26 heavy (non-hydrogen) atoms. The van der Waals surface area contributed by atoms with Gasteiger partial charge >= 0.3 is 5.97 Å². The minimum absolute atomic E-state index is 0.314. The quantitative estimate of drug-likeness (QED) is 0.723. The van der Waals surface area contributed by atoms with Crippen molar-refractivity contribution < 1.29 is 29.2 Å². The van der Waals surface area contributed by atoms with Gasteiger partial charge in [0.05, 0.1) is 24.9 Å². The number of aliphatic hydroxyl groups is 2. The zero-order valence-corrected chi connectivity index (χ0v) is 15.0. The van der Waals surface area contributed by atoms with Crippen molar-refractivity contribution in [3.8, 4) is 0 Å². The summed E-state index contributed by atoms with van der Waals surface area (Å²) in [5.74, 6) is -0.960. The lowest BCUT2D eigenvalue weighted by molar-refractivity contribution is -0.196. The van der Waals surface area contributed by atoms with Gasteiger partial charge in [-0.05, 0) is 37.8 Å². The van der Waals surface area contributed by atoms with Gasteiger partial charge in [-0.1, -0.05) is 24.6 Å². The summed E-state index contributed by atoms with van der Waals surface area (Å²) in [6.45, 7) is 0.0628. The highest BCUT2D eigenvalue weighted by atomic mass is 16.8. The molecule has 1 aliphatic heterocycles. The number of carbonyl (C=O) groups is 1. The van der Waals surface area contributed by atoms with Gasteiger partial charge in [-0.25, -0.2) is 4.79 Å². The molecule has 3 atom stereocenters. The molecule has 1 aliphatic carbocycles. The normalized spacial score (nSPS) is 24.3. The zero-order valence-electron chi connectivity index (χ0n) is 15.0. The lowest BCUT2D eigenvalue weighted by Gasteiger charge is -2.32. The average Bonchev–Trinajstić information content (AvgIpc) is 3.09. The molecule has 1 saturated heterocycles. The summed E-state index contributed by atoms with van der Waals surface area (Å²) < 4.78 is 17.9. The van der Waals surface area contributed by atoms with E-state index in [1.54, 1.807) is 24.3 Å². The third kappa shape index (κ3) is 4.82. The summed E-state index contributed by atoms with van der Waals surface area (Å²) >= 11 is 0. The van der Waals surface area contributed by atoms with Gasteiger partial charge in [-0.3, -0.25) is 0 Å². The van der Waals surface area contributed by atoms with E-state index in [2.05, 4.69) is 0 Å². The second kappa shape index (κ2) is 8.95. The van der Waals surface area contributed by atoms with Gasteiger partial charge in [-0.15, -0.1) is 0 Å². The van der Waals surface area contributed by atoms with Gasteiger partial charge < -0.3 is 24.4 Å². The van der Waals surface area contributed by atoms with E-state index < -0.39 is 24.0 Å². The molecule has 0 unspecified atom stereocenters. The van der Waals surface area contributed by atoms with Crippen molar-refractivity contribution in [1.29, 1.82) is 0 Å². The monoisotopic (exact) mass is 364 g/mol. The van der Waals surface area contributed by atoms with Gasteiger partial charge in [-0.2, -0.15) is 0 Å². The summed E-state index contributed by atoms with van der Waals surface area (Å²) in [6, 6.07) is 8.82. The van der Waals surface area contributed by atoms with Crippen LogP contribution >= 0.6 is 0 Å². The van der Waals surface area contributed by atoms with Crippen molar-refractivity contribution in [3.63, 3.8) is 0 Å². The molecule has 0 aromatic heterocycles. The van der Waals surface area contributed by atoms with Crippen molar-refractivity contribution in [3.05, 3.63) is 35.9 Å². The third-order valence-electron chi connectivity index (χ3n) is 5.17. The van der Waals surface area contributed by atoms with Crippen LogP contribution in [0.4, 0.5) is 0 Å². The maximum absolute atomic E-state index is 12.5. The van der Waals surface area contributed by atoms with Crippen LogP contribution in [-0.2, 0) is 14.2 Å². The van der Waals surface area contributed by atoms with Crippen LogP contribution in [0, 0.1) is 0 Å². The summed E-state index contributed by atoms with van der Waals surface area (Å²) in [5.41, 5.74) is 0.478. The molecule has 1 spiro atoms. The maximum atomic E-state index is 12.5. The van der Waals surface area contributed by atoms with Crippen LogP contribution in [0.5, 0.6) is 0 Å². The molecule has 6 nitrogen and oxygen atoms in total. The second-order valence-corrected chi connectivity index (χ2v) is 7.16. The smallest absolute Gasteiger partial charge is 0.338 e. The molecule has 144 valence electrons. The predicted molar refractivity (Wildman–Crippen MR) is 94.6 cm³/mol. The number of rotatable bonds is 7. The average molecular weight is 364 g/mol. The third-order valence-corrected chi connectivity index (χ3v) is 5.17. The van der Waals surface area contributed by atoms with Crippen LogP contribution < -0.4 is 0 Å². The molecule has 0 amide bonds. The number of hydrogen-bond donors (Lipinski definition) is 2. The van der Waals surface area contributed by atoms with Gasteiger partial charge in [0.1, 0.15) is 12.2 Å². The minimum Gasteiger partial charge on any atom is -0.456 e. The van der Waals surface area contributed by atoms with E-state index in [0.29, 0.717) is 25.0 Å². The van der Waals surface area contributed by atoms with E-state index in [9.17, 15) is 9.90 Å². The molecule has 2 fully saturated rings. The van der Waals surface area contributed by atoms with Crippen LogP contribution in [0.3, 0.4) is 0 Å². The van der Waals surface area contributed by atoms with E-state index >= 15 is 0 Å². The zero-order chi connectivity index (χ0) is 18.4. The minimum atomic E-state index is -0.834. The summed E-state index contributed by atoms with van der Waals surface area (Å²) in [4.78, 5) is 12.5. The van der Waals surface area contributed by atoms with Gasteiger partial charge in [0.25, 0.3) is 0 Å². The Kier molecular flexibility index (Phi) is 6.64. The Morgan fingerprint density at radius 1 is 1.19 bits per heavy atom. The number of benzene rings is 1. The Bertz CT molecular complexity index is 569. The summed E-state index contributed by atoms with van der Waals surface area (Å²) in [6.07, 6.45) is 4.09. The van der Waals surface area contributed by atoms with Gasteiger partial charge in [0.15, 0.2) is 5.79 Å². The fraction of sp³-hybridized carbons (Fsp3) is 0.650. The molecule has 6 heteroatoms. The van der Waals surface area contributed by atoms with Crippen molar-refractivity contribution in [2.75, 3.05) is 13.2 Å². The molecule has 0 radical (unpaired) electrons. The van der Waals surface area contributed by atoms with Crippen LogP contribution in [0.2, 0.25) is 0 Å². The molecule has 1 heterocycles. The fourth-order valence-electron chi connectivity index (χ4n) is 3.66. The molecule has 2 aliphatic rings. The predicted octanol–water partition coefficient (Wildman–Crippen LogP) is 2.42. The first-order valence-electron chi connectivity index (χ1n) is 9.49. The highest BCUT2D eigenvalue weighted by molar-refractivity contribution is 5.89. The Morgan fingerprint density at radius 2 is 1.92 bits per heavy atom. The Labute approximate surface area is 154 Å². The van der Waals surface area contributed by atoms with Crippen molar-refractivity contribution in [2.24, 2.45) is 0 Å². The standard InChI is InChI=1S/C20H28O6/c21-13-16(22)9-10-17(25-19(23)15-7-3-1-4-8-15)18-14-24-20(26-18)11-5-2-6-12-20/h1,3-4,7-8,16-18,21-22H,2,5-6,9-14H2/t16-,17-,18+/m0/s1. The molecule has 3 rings (SSSR count). The number of hydrogen-bond acceptors (Lipinski definition) is 6. The van der Waals surface area contributed by atoms with E-state index in [1.165, 1.54) is 6.42 Å². The first-order valence-corrected chi connectivity index (χ1v) is 9.49. The van der Waals surface area contributed by atoms with Crippen molar-refractivity contribution in [1.82, 2.24) is 0 Å². The highest BCUT2D eigenvalue weighted by Crippen LogP contribution is 2.39. The molecule has 1 saturated carbocycles. The van der Waals surface area contributed by atoms with Crippen LogP contribution in [0.1, 0.15) is 55.3 Å². The lowest BCUT2D eigenvalue weighted by atomic mass is 9.94. The summed E-state index contributed by atoms with van der Waals surface area (Å²) in [5, 5.41) is 18.7. The first-order chi connectivity index (χ1) is 12.6. The first kappa shape index (κ1) is 19.3. The number of aliphatic hydroxyl groups excluding tert-OH is 2. The van der Waals surface area contributed by atoms with E-state index in [1.807, 2.05) is 6.07 Å². The molecule has 0 bridgehead atoms. The Hall–Kier alpha value is -1.47. The molecule has 1 aromatic carbocycles. The lowest BCUT2D eigenvalue weighted by Crippen LogP contribution is -2.38. The molecule has 2 N–H and O–H groups in total. The molecular formula is C20H28O6. The van der Waals surface area contributed by atoms with Crippen LogP contribution in [-0.4, -0.2) is 53.5 Å². The Balaban J connectivity index is 1.66. The van der Waals surface area contributed by atoms with Crippen molar-refractivity contribution in [2.45, 2.75) is 69.0 Å². The Morgan fingerprint density at radius 3 is 2.62 bits per heavy atom. The number of esters is 1. The van der Waals surface area contributed by atoms with E-state index in [-0.39, 0.29) is 12.7 Å². The molecular weight excluding hydrogens is 336 g/mol. The number of ether oxygens (including phenoxy) is 3. The van der Waals surface area contributed by atoms with E-state index in [0.717, 1.165) is 25.7 Å². The SMILES string of the molecule is O=C(O[C@@H](CC[C@H](O)CO)[C@H]1COC2(CCCCC2)O1)c1ccccc1. The maximum Gasteiger partial charge on any atom is 0.338 e. The van der Waals surface area contributed by atoms with Gasteiger partial charge in [0, 0.05) is 12.8 Å². The van der Waals surface area contributed by atoms with Crippen molar-refractivity contribution >= 4 is 5.97 Å². The van der Waals surface area contributed by atoms with Gasteiger partial charge in [0.2, 0.25) is 0 Å².